The summed E-state index contributed by atoms with van der Waals surface area (Å²) in [6.45, 7) is 3.60. The van der Waals surface area contributed by atoms with Crippen LogP contribution in [0.2, 0.25) is 5.02 Å². The van der Waals surface area contributed by atoms with Crippen molar-refractivity contribution in [2.75, 3.05) is 0 Å². The minimum absolute atomic E-state index is 0.0928. The van der Waals surface area contributed by atoms with Gasteiger partial charge in [0, 0.05) is 5.56 Å². The lowest BCUT2D eigenvalue weighted by atomic mass is 9.96. The molecule has 2 aromatic rings. The van der Waals surface area contributed by atoms with E-state index < -0.39 is 23.0 Å². The molecule has 0 aliphatic rings. The average Bonchev–Trinajstić information content (AvgIpc) is 2.37. The first-order valence-corrected chi connectivity index (χ1v) is 6.05. The first-order chi connectivity index (χ1) is 8.93. The molecule has 2 aromatic carbocycles. The Balaban J connectivity index is 2.63. The van der Waals surface area contributed by atoms with Crippen LogP contribution in [0.1, 0.15) is 27.0 Å². The van der Waals surface area contributed by atoms with Crippen molar-refractivity contribution in [3.8, 4) is 0 Å². The number of hydrogen-bond acceptors (Lipinski definition) is 1. The van der Waals surface area contributed by atoms with E-state index in [2.05, 4.69) is 0 Å². The summed E-state index contributed by atoms with van der Waals surface area (Å²) in [5.74, 6) is -2.90. The second-order valence-corrected chi connectivity index (χ2v) is 4.70. The molecule has 0 saturated carbocycles. The Morgan fingerprint density at radius 2 is 1.79 bits per heavy atom. The quantitative estimate of drug-likeness (QED) is 0.586. The van der Waals surface area contributed by atoms with E-state index in [-0.39, 0.29) is 5.02 Å². The third-order valence-electron chi connectivity index (χ3n) is 3.12. The van der Waals surface area contributed by atoms with Crippen molar-refractivity contribution in [1.29, 1.82) is 0 Å². The van der Waals surface area contributed by atoms with Gasteiger partial charge >= 0.3 is 0 Å². The third-order valence-corrected chi connectivity index (χ3v) is 3.44. The van der Waals surface area contributed by atoms with Gasteiger partial charge in [0.15, 0.2) is 17.4 Å². The fourth-order valence-electron chi connectivity index (χ4n) is 1.87. The first kappa shape index (κ1) is 13.7. The second-order valence-electron chi connectivity index (χ2n) is 4.29. The monoisotopic (exact) mass is 280 g/mol. The highest BCUT2D eigenvalue weighted by molar-refractivity contribution is 6.35. The number of aryl methyl sites for hydroxylation is 1. The Morgan fingerprint density at radius 1 is 1.11 bits per heavy atom. The van der Waals surface area contributed by atoms with E-state index in [1.807, 2.05) is 13.0 Å². The Bertz CT molecular complexity index is 665. The van der Waals surface area contributed by atoms with Gasteiger partial charge in [-0.3, -0.25) is 4.79 Å². The Kier molecular flexibility index (Phi) is 3.67. The van der Waals surface area contributed by atoms with Crippen LogP contribution in [0, 0.1) is 25.5 Å². The van der Waals surface area contributed by atoms with E-state index >= 15 is 0 Å². The van der Waals surface area contributed by atoms with Crippen LogP contribution in [0.25, 0.3) is 0 Å². The predicted octanol–water partition coefficient (Wildman–Crippen LogP) is 4.47. The molecule has 0 saturated heterocycles. The van der Waals surface area contributed by atoms with E-state index in [1.165, 1.54) is 6.07 Å². The molecule has 0 atom stereocenters. The van der Waals surface area contributed by atoms with Gasteiger partial charge in [0.05, 0.1) is 10.6 Å². The van der Waals surface area contributed by atoms with Gasteiger partial charge in [0.2, 0.25) is 0 Å². The van der Waals surface area contributed by atoms with E-state index in [4.69, 9.17) is 11.6 Å². The molecule has 4 heteroatoms. The first-order valence-electron chi connectivity index (χ1n) is 5.68. The number of ketones is 1. The van der Waals surface area contributed by atoms with Crippen molar-refractivity contribution in [2.24, 2.45) is 0 Å². The van der Waals surface area contributed by atoms with Crippen molar-refractivity contribution in [3.63, 3.8) is 0 Å². The number of benzene rings is 2. The molecule has 98 valence electrons. The topological polar surface area (TPSA) is 17.1 Å². The molecule has 0 aromatic heterocycles. The fourth-order valence-corrected chi connectivity index (χ4v) is 2.10. The van der Waals surface area contributed by atoms with Gasteiger partial charge in [-0.1, -0.05) is 29.8 Å². The zero-order valence-electron chi connectivity index (χ0n) is 10.4. The number of hydrogen-bond donors (Lipinski definition) is 0. The molecule has 19 heavy (non-hydrogen) atoms. The molecular weight excluding hydrogens is 270 g/mol. The van der Waals surface area contributed by atoms with Gasteiger partial charge in [-0.25, -0.2) is 8.78 Å². The molecule has 0 spiro atoms. The van der Waals surface area contributed by atoms with Gasteiger partial charge in [0.1, 0.15) is 0 Å². The molecule has 0 bridgehead atoms. The summed E-state index contributed by atoms with van der Waals surface area (Å²) in [7, 11) is 0. The largest absolute Gasteiger partial charge is 0.288 e. The van der Waals surface area contributed by atoms with Crippen molar-refractivity contribution in [2.45, 2.75) is 13.8 Å². The van der Waals surface area contributed by atoms with Crippen LogP contribution in [0.3, 0.4) is 0 Å². The molecule has 0 aliphatic carbocycles. The molecule has 0 fully saturated rings. The molecule has 0 unspecified atom stereocenters. The highest BCUT2D eigenvalue weighted by atomic mass is 35.5. The Hall–Kier alpha value is -1.74. The zero-order valence-corrected chi connectivity index (χ0v) is 11.2. The summed E-state index contributed by atoms with van der Waals surface area (Å²) in [6.07, 6.45) is 0. The van der Waals surface area contributed by atoms with Gasteiger partial charge < -0.3 is 0 Å². The fraction of sp³-hybridized carbons (Fsp3) is 0.133. The minimum atomic E-state index is -1.21. The van der Waals surface area contributed by atoms with E-state index in [0.717, 1.165) is 17.2 Å². The molecule has 0 N–H and O–H groups in total. The maximum atomic E-state index is 13.8. The van der Waals surface area contributed by atoms with Gasteiger partial charge in [0.25, 0.3) is 0 Å². The number of rotatable bonds is 2. The van der Waals surface area contributed by atoms with Crippen molar-refractivity contribution >= 4 is 17.4 Å². The van der Waals surface area contributed by atoms with Crippen LogP contribution in [0.5, 0.6) is 0 Å². The van der Waals surface area contributed by atoms with Crippen LogP contribution in [0.15, 0.2) is 30.3 Å². The van der Waals surface area contributed by atoms with Gasteiger partial charge in [-0.15, -0.1) is 0 Å². The highest BCUT2D eigenvalue weighted by Gasteiger charge is 2.22. The highest BCUT2D eigenvalue weighted by Crippen LogP contribution is 2.26. The van der Waals surface area contributed by atoms with E-state index in [9.17, 15) is 13.6 Å². The summed E-state index contributed by atoms with van der Waals surface area (Å²) in [5.41, 5.74) is 1.53. The van der Waals surface area contributed by atoms with Gasteiger partial charge in [-0.05, 0) is 37.1 Å². The van der Waals surface area contributed by atoms with Crippen LogP contribution in [-0.2, 0) is 0 Å². The number of halogens is 3. The molecule has 2 rings (SSSR count). The molecule has 1 nitrogen and oxygen atoms in total. The molecule has 0 radical (unpaired) electrons. The van der Waals surface area contributed by atoms with Gasteiger partial charge in [-0.2, -0.15) is 0 Å². The van der Waals surface area contributed by atoms with Crippen LogP contribution in [0.4, 0.5) is 8.78 Å². The molecule has 0 aliphatic heterocycles. The normalized spacial score (nSPS) is 10.6. The minimum Gasteiger partial charge on any atom is -0.288 e. The van der Waals surface area contributed by atoms with E-state index in [0.29, 0.717) is 5.56 Å². The lowest BCUT2D eigenvalue weighted by molar-refractivity contribution is 0.103. The summed E-state index contributed by atoms with van der Waals surface area (Å²) in [5, 5.41) is -0.0928. The Morgan fingerprint density at radius 3 is 2.47 bits per heavy atom. The average molecular weight is 281 g/mol. The summed E-state index contributed by atoms with van der Waals surface area (Å²) in [6, 6.07) is 7.19. The maximum absolute atomic E-state index is 13.8. The standard InChI is InChI=1S/C15H11ClF2O/c1-8-4-3-5-10(9(8)2)15(19)13-11(16)6-7-12(17)14(13)18/h3-7H,1-2H3. The lowest BCUT2D eigenvalue weighted by Gasteiger charge is -2.10. The predicted molar refractivity (Wildman–Crippen MR) is 70.7 cm³/mol. The summed E-state index contributed by atoms with van der Waals surface area (Å²) < 4.78 is 27.0. The summed E-state index contributed by atoms with van der Waals surface area (Å²) in [4.78, 5) is 12.3. The van der Waals surface area contributed by atoms with Crippen molar-refractivity contribution in [1.82, 2.24) is 0 Å². The lowest BCUT2D eigenvalue weighted by Crippen LogP contribution is -2.09. The van der Waals surface area contributed by atoms with E-state index in [1.54, 1.807) is 19.1 Å². The second kappa shape index (κ2) is 5.10. The third kappa shape index (κ3) is 2.38. The van der Waals surface area contributed by atoms with Crippen molar-refractivity contribution < 1.29 is 13.6 Å². The molecule has 0 heterocycles. The van der Waals surface area contributed by atoms with Crippen LogP contribution >= 0.6 is 11.6 Å². The smallest absolute Gasteiger partial charge is 0.197 e. The molecule has 0 amide bonds. The van der Waals surface area contributed by atoms with Crippen LogP contribution < -0.4 is 0 Å². The Labute approximate surface area is 114 Å². The zero-order chi connectivity index (χ0) is 14.2. The number of carbonyl (C=O) groups excluding carboxylic acids is 1. The SMILES string of the molecule is Cc1cccc(C(=O)c2c(Cl)ccc(F)c2F)c1C. The maximum Gasteiger partial charge on any atom is 0.197 e. The summed E-state index contributed by atoms with van der Waals surface area (Å²) >= 11 is 5.81. The number of carbonyl (C=O) groups is 1. The van der Waals surface area contributed by atoms with Crippen LogP contribution in [-0.4, -0.2) is 5.78 Å². The molecular formula is C15H11ClF2O. The van der Waals surface area contributed by atoms with Crippen molar-refractivity contribution in [3.05, 3.63) is 69.2 Å².